The van der Waals surface area contributed by atoms with E-state index in [1.807, 2.05) is 18.2 Å². The number of hydrogen-bond donors (Lipinski definition) is 0. The molecule has 0 aromatic heterocycles. The van der Waals surface area contributed by atoms with Crippen molar-refractivity contribution in [3.8, 4) is 0 Å². The molecule has 0 bridgehead atoms. The van der Waals surface area contributed by atoms with Crippen LogP contribution < -0.4 is 0 Å². The van der Waals surface area contributed by atoms with Crippen LogP contribution in [0.25, 0.3) is 0 Å². The molecule has 0 saturated carbocycles. The van der Waals surface area contributed by atoms with Crippen molar-refractivity contribution in [3.63, 3.8) is 0 Å². The topological polar surface area (TPSA) is 0 Å². The van der Waals surface area contributed by atoms with Gasteiger partial charge < -0.3 is 0 Å². The highest BCUT2D eigenvalue weighted by molar-refractivity contribution is 9.10. The zero-order valence-corrected chi connectivity index (χ0v) is 14.1. The summed E-state index contributed by atoms with van der Waals surface area (Å²) in [5.74, 6) is 0. The summed E-state index contributed by atoms with van der Waals surface area (Å²) in [6.45, 7) is 4.21. The van der Waals surface area contributed by atoms with E-state index in [2.05, 4.69) is 63.9 Å². The minimum atomic E-state index is 0.123. The summed E-state index contributed by atoms with van der Waals surface area (Å²) in [7, 11) is 0. The highest BCUT2D eigenvalue weighted by Crippen LogP contribution is 2.38. The second kappa shape index (κ2) is 5.77. The molecular weight excluding hydrogens is 375 g/mol. The molecule has 18 heavy (non-hydrogen) atoms. The lowest BCUT2D eigenvalue weighted by molar-refractivity contribution is 1.13. The number of halogens is 3. The van der Waals surface area contributed by atoms with Gasteiger partial charge in [-0.2, -0.15) is 0 Å². The molecule has 2 aromatic carbocycles. The van der Waals surface area contributed by atoms with Gasteiger partial charge in [-0.15, -0.1) is 0 Å². The van der Waals surface area contributed by atoms with Gasteiger partial charge in [0.1, 0.15) is 0 Å². The second-order valence-corrected chi connectivity index (χ2v) is 6.52. The summed E-state index contributed by atoms with van der Waals surface area (Å²) in [5.41, 5.74) is 4.83. The van der Waals surface area contributed by atoms with Gasteiger partial charge in [0.25, 0.3) is 0 Å². The van der Waals surface area contributed by atoms with Crippen LogP contribution in [0.4, 0.5) is 0 Å². The third-order valence-corrected chi connectivity index (χ3v) is 5.18. The normalized spacial score (nSPS) is 12.5. The van der Waals surface area contributed by atoms with E-state index in [-0.39, 0.29) is 4.83 Å². The number of hydrogen-bond acceptors (Lipinski definition) is 0. The maximum Gasteiger partial charge on any atom is 0.0661 e. The first-order chi connectivity index (χ1) is 8.50. The van der Waals surface area contributed by atoms with Crippen LogP contribution in [0.2, 0.25) is 5.02 Å². The standard InChI is InChI=1S/C15H13Br2Cl/c1-9-8-13(16)10(2)7-12(9)15(17)11-5-3-4-6-14(11)18/h3-8,15H,1-2H3. The number of aryl methyl sites for hydroxylation is 2. The maximum atomic E-state index is 6.25. The molecule has 0 aliphatic rings. The van der Waals surface area contributed by atoms with Crippen LogP contribution in [0.15, 0.2) is 40.9 Å². The van der Waals surface area contributed by atoms with Crippen LogP contribution in [0.3, 0.4) is 0 Å². The van der Waals surface area contributed by atoms with Crippen LogP contribution in [-0.2, 0) is 0 Å². The van der Waals surface area contributed by atoms with Crippen molar-refractivity contribution in [2.75, 3.05) is 0 Å². The smallest absolute Gasteiger partial charge is 0.0661 e. The highest BCUT2D eigenvalue weighted by Gasteiger charge is 2.16. The fraction of sp³-hybridized carbons (Fsp3) is 0.200. The molecule has 0 heterocycles. The zero-order valence-electron chi connectivity index (χ0n) is 10.2. The summed E-state index contributed by atoms with van der Waals surface area (Å²) >= 11 is 13.6. The maximum absolute atomic E-state index is 6.25. The molecular formula is C15H13Br2Cl. The van der Waals surface area contributed by atoms with Crippen molar-refractivity contribution in [3.05, 3.63) is 68.1 Å². The van der Waals surface area contributed by atoms with E-state index in [1.165, 1.54) is 16.7 Å². The van der Waals surface area contributed by atoms with Gasteiger partial charge in [-0.25, -0.2) is 0 Å². The Bertz CT molecular complexity index is 579. The predicted octanol–water partition coefficient (Wildman–Crippen LogP) is 6.20. The van der Waals surface area contributed by atoms with Crippen LogP contribution in [0.1, 0.15) is 27.1 Å². The Kier molecular flexibility index (Phi) is 4.52. The fourth-order valence-corrected chi connectivity index (χ4v) is 3.65. The Balaban J connectivity index is 2.50. The Hall–Kier alpha value is -0.310. The SMILES string of the molecule is Cc1cc(C(Br)c2ccccc2Cl)c(C)cc1Br. The number of benzene rings is 2. The molecule has 0 radical (unpaired) electrons. The van der Waals surface area contributed by atoms with Crippen molar-refractivity contribution in [2.45, 2.75) is 18.7 Å². The average molecular weight is 389 g/mol. The van der Waals surface area contributed by atoms with Gasteiger partial charge >= 0.3 is 0 Å². The second-order valence-electron chi connectivity index (χ2n) is 4.34. The lowest BCUT2D eigenvalue weighted by Gasteiger charge is -2.16. The van der Waals surface area contributed by atoms with E-state index in [0.717, 1.165) is 15.1 Å². The van der Waals surface area contributed by atoms with Gasteiger partial charge in [-0.1, -0.05) is 67.7 Å². The third-order valence-electron chi connectivity index (χ3n) is 3.00. The van der Waals surface area contributed by atoms with Gasteiger partial charge in [-0.05, 0) is 48.2 Å². The minimum absolute atomic E-state index is 0.123. The molecule has 0 fully saturated rings. The summed E-state index contributed by atoms with van der Waals surface area (Å²) in [4.78, 5) is 0.123. The van der Waals surface area contributed by atoms with Crippen molar-refractivity contribution >= 4 is 43.5 Å². The molecule has 94 valence electrons. The van der Waals surface area contributed by atoms with Crippen LogP contribution in [0, 0.1) is 13.8 Å². The molecule has 3 heteroatoms. The largest absolute Gasteiger partial charge is 0.0840 e. The lowest BCUT2D eigenvalue weighted by Crippen LogP contribution is -1.98. The van der Waals surface area contributed by atoms with E-state index in [0.29, 0.717) is 0 Å². The summed E-state index contributed by atoms with van der Waals surface area (Å²) in [5, 5.41) is 0.791. The fourth-order valence-electron chi connectivity index (χ4n) is 1.92. The average Bonchev–Trinajstić information content (AvgIpc) is 2.33. The Morgan fingerprint density at radius 3 is 2.33 bits per heavy atom. The van der Waals surface area contributed by atoms with Gasteiger partial charge in [0.2, 0.25) is 0 Å². The van der Waals surface area contributed by atoms with Gasteiger partial charge in [0.05, 0.1) is 4.83 Å². The van der Waals surface area contributed by atoms with E-state index >= 15 is 0 Å². The van der Waals surface area contributed by atoms with Crippen molar-refractivity contribution < 1.29 is 0 Å². The molecule has 0 saturated heterocycles. The Labute approximate surface area is 130 Å². The molecule has 0 spiro atoms. The van der Waals surface area contributed by atoms with Crippen LogP contribution >= 0.6 is 43.5 Å². The monoisotopic (exact) mass is 386 g/mol. The van der Waals surface area contributed by atoms with Crippen LogP contribution in [-0.4, -0.2) is 0 Å². The van der Waals surface area contributed by atoms with E-state index in [4.69, 9.17) is 11.6 Å². The predicted molar refractivity (Wildman–Crippen MR) is 85.8 cm³/mol. The molecule has 0 N–H and O–H groups in total. The molecule has 1 unspecified atom stereocenters. The molecule has 1 atom stereocenters. The first-order valence-corrected chi connectivity index (χ1v) is 7.74. The quantitative estimate of drug-likeness (QED) is 0.537. The zero-order chi connectivity index (χ0) is 13.3. The van der Waals surface area contributed by atoms with Gasteiger partial charge in [0, 0.05) is 9.50 Å². The molecule has 2 aromatic rings. The summed E-state index contributed by atoms with van der Waals surface area (Å²) in [6, 6.07) is 12.3. The van der Waals surface area contributed by atoms with E-state index in [9.17, 15) is 0 Å². The van der Waals surface area contributed by atoms with Crippen molar-refractivity contribution in [1.29, 1.82) is 0 Å². The lowest BCUT2D eigenvalue weighted by atomic mass is 9.98. The van der Waals surface area contributed by atoms with Crippen molar-refractivity contribution in [2.24, 2.45) is 0 Å². The number of rotatable bonds is 2. The third kappa shape index (κ3) is 2.81. The molecule has 0 amide bonds. The molecule has 0 nitrogen and oxygen atoms in total. The molecule has 0 aliphatic carbocycles. The van der Waals surface area contributed by atoms with E-state index in [1.54, 1.807) is 0 Å². The Morgan fingerprint density at radius 1 is 1.00 bits per heavy atom. The molecule has 2 rings (SSSR count). The van der Waals surface area contributed by atoms with Crippen molar-refractivity contribution in [1.82, 2.24) is 0 Å². The minimum Gasteiger partial charge on any atom is -0.0840 e. The molecule has 0 aliphatic heterocycles. The van der Waals surface area contributed by atoms with Crippen LogP contribution in [0.5, 0.6) is 0 Å². The first-order valence-electron chi connectivity index (χ1n) is 5.66. The Morgan fingerprint density at radius 2 is 1.67 bits per heavy atom. The first kappa shape index (κ1) is 14.1. The highest BCUT2D eigenvalue weighted by atomic mass is 79.9. The summed E-state index contributed by atoms with van der Waals surface area (Å²) in [6.07, 6.45) is 0. The van der Waals surface area contributed by atoms with Gasteiger partial charge in [0.15, 0.2) is 0 Å². The summed E-state index contributed by atoms with van der Waals surface area (Å²) < 4.78 is 1.14. The van der Waals surface area contributed by atoms with E-state index < -0.39 is 0 Å². The number of alkyl halides is 1. The van der Waals surface area contributed by atoms with Gasteiger partial charge in [-0.3, -0.25) is 0 Å².